The second kappa shape index (κ2) is 3.31. The van der Waals surface area contributed by atoms with Gasteiger partial charge in [-0.25, -0.2) is 4.79 Å². The van der Waals surface area contributed by atoms with Gasteiger partial charge < -0.3 is 14.6 Å². The van der Waals surface area contributed by atoms with Crippen molar-refractivity contribution in [2.45, 2.75) is 12.7 Å². The van der Waals surface area contributed by atoms with Crippen molar-refractivity contribution in [3.05, 3.63) is 29.3 Å². The zero-order valence-corrected chi connectivity index (χ0v) is 7.69. The lowest BCUT2D eigenvalue weighted by atomic mass is 10.1. The Balaban J connectivity index is 2.41. The molecule has 0 aliphatic carbocycles. The Hall–Kier alpha value is -1.55. The Morgan fingerprint density at radius 3 is 3.07 bits per heavy atom. The number of hydrogen-bond acceptors (Lipinski definition) is 3. The molecule has 0 amide bonds. The summed E-state index contributed by atoms with van der Waals surface area (Å²) in [6.45, 7) is 0. The van der Waals surface area contributed by atoms with Crippen LogP contribution in [0.3, 0.4) is 0 Å². The minimum atomic E-state index is -0.929. The van der Waals surface area contributed by atoms with Crippen LogP contribution in [0.5, 0.6) is 5.75 Å². The molecule has 4 heteroatoms. The molecule has 1 aromatic rings. The summed E-state index contributed by atoms with van der Waals surface area (Å²) in [5.41, 5.74) is 1.01. The molecular weight excluding hydrogens is 184 g/mol. The highest BCUT2D eigenvalue weighted by Gasteiger charge is 2.26. The third-order valence-corrected chi connectivity index (χ3v) is 2.26. The fourth-order valence-corrected chi connectivity index (χ4v) is 1.57. The first-order valence-electron chi connectivity index (χ1n) is 4.27. The summed E-state index contributed by atoms with van der Waals surface area (Å²) in [4.78, 5) is 10.9. The number of aromatic carboxylic acids is 1. The second-order valence-corrected chi connectivity index (χ2v) is 3.07. The molecule has 2 rings (SSSR count). The molecule has 1 aliphatic rings. The molecule has 0 spiro atoms. The maximum Gasteiger partial charge on any atom is 0.336 e. The Morgan fingerprint density at radius 2 is 2.43 bits per heavy atom. The van der Waals surface area contributed by atoms with E-state index in [2.05, 4.69) is 0 Å². The van der Waals surface area contributed by atoms with Gasteiger partial charge in [-0.2, -0.15) is 0 Å². The molecular formula is C10H10O4. The van der Waals surface area contributed by atoms with E-state index in [0.717, 1.165) is 0 Å². The number of rotatable bonds is 2. The lowest BCUT2D eigenvalue weighted by molar-refractivity contribution is -0.0367. The van der Waals surface area contributed by atoms with E-state index in [0.29, 0.717) is 23.3 Å². The number of ether oxygens (including phenoxy) is 2. The SMILES string of the molecule is COC1Cc2c(cccc2C(=O)O)O1. The van der Waals surface area contributed by atoms with Gasteiger partial charge in [0.15, 0.2) is 0 Å². The average molecular weight is 194 g/mol. The van der Waals surface area contributed by atoms with Crippen LogP contribution in [0.2, 0.25) is 0 Å². The van der Waals surface area contributed by atoms with Crippen molar-refractivity contribution in [3.63, 3.8) is 0 Å². The van der Waals surface area contributed by atoms with Crippen LogP contribution in [-0.2, 0) is 11.2 Å². The molecule has 0 bridgehead atoms. The van der Waals surface area contributed by atoms with Crippen LogP contribution in [-0.4, -0.2) is 24.5 Å². The molecule has 1 unspecified atom stereocenters. The molecule has 1 atom stereocenters. The van der Waals surface area contributed by atoms with Gasteiger partial charge in [-0.15, -0.1) is 0 Å². The van der Waals surface area contributed by atoms with Gasteiger partial charge in [0, 0.05) is 19.1 Å². The van der Waals surface area contributed by atoms with Gasteiger partial charge in [0.1, 0.15) is 5.75 Å². The van der Waals surface area contributed by atoms with Gasteiger partial charge in [-0.3, -0.25) is 0 Å². The van der Waals surface area contributed by atoms with Gasteiger partial charge in [0.05, 0.1) is 5.56 Å². The summed E-state index contributed by atoms with van der Waals surface area (Å²) in [5.74, 6) is -0.320. The molecule has 74 valence electrons. The standard InChI is InChI=1S/C10H10O4/c1-13-9-5-7-6(10(11)12)3-2-4-8(7)14-9/h2-4,9H,5H2,1H3,(H,11,12). The summed E-state index contributed by atoms with van der Waals surface area (Å²) in [6, 6.07) is 4.99. The number of carboxylic acids is 1. The predicted octanol–water partition coefficient (Wildman–Crippen LogP) is 1.29. The Kier molecular flexibility index (Phi) is 2.13. The van der Waals surface area contributed by atoms with Crippen molar-refractivity contribution < 1.29 is 19.4 Å². The van der Waals surface area contributed by atoms with Gasteiger partial charge >= 0.3 is 5.97 Å². The first-order valence-corrected chi connectivity index (χ1v) is 4.27. The fourth-order valence-electron chi connectivity index (χ4n) is 1.57. The monoisotopic (exact) mass is 194 g/mol. The highest BCUT2D eigenvalue weighted by atomic mass is 16.7. The normalized spacial score (nSPS) is 18.8. The van der Waals surface area contributed by atoms with Crippen LogP contribution in [0.4, 0.5) is 0 Å². The van der Waals surface area contributed by atoms with Crippen molar-refractivity contribution in [2.75, 3.05) is 7.11 Å². The molecule has 1 aromatic carbocycles. The van der Waals surface area contributed by atoms with Gasteiger partial charge in [-0.05, 0) is 12.1 Å². The summed E-state index contributed by atoms with van der Waals surface area (Å²) >= 11 is 0. The number of carboxylic acid groups (broad SMARTS) is 1. The van der Waals surface area contributed by atoms with E-state index in [9.17, 15) is 4.79 Å². The maximum absolute atomic E-state index is 10.9. The van der Waals surface area contributed by atoms with E-state index in [4.69, 9.17) is 14.6 Å². The third-order valence-electron chi connectivity index (χ3n) is 2.26. The maximum atomic E-state index is 10.9. The van der Waals surface area contributed by atoms with Gasteiger partial charge in [-0.1, -0.05) is 6.07 Å². The quantitative estimate of drug-likeness (QED) is 0.770. The van der Waals surface area contributed by atoms with Crippen LogP contribution in [0.25, 0.3) is 0 Å². The van der Waals surface area contributed by atoms with Crippen molar-refractivity contribution in [3.8, 4) is 5.75 Å². The van der Waals surface area contributed by atoms with E-state index in [1.165, 1.54) is 7.11 Å². The molecule has 0 radical (unpaired) electrons. The van der Waals surface area contributed by atoms with Gasteiger partial charge in [0.2, 0.25) is 6.29 Å². The molecule has 1 heterocycles. The number of fused-ring (bicyclic) bond motifs is 1. The Morgan fingerprint density at radius 1 is 1.64 bits per heavy atom. The largest absolute Gasteiger partial charge is 0.478 e. The Labute approximate surface area is 81.1 Å². The molecule has 1 aliphatic heterocycles. The van der Waals surface area contributed by atoms with Crippen molar-refractivity contribution in [1.82, 2.24) is 0 Å². The average Bonchev–Trinajstić information content (AvgIpc) is 2.59. The number of benzene rings is 1. The van der Waals surface area contributed by atoms with E-state index in [-0.39, 0.29) is 6.29 Å². The molecule has 1 N–H and O–H groups in total. The summed E-state index contributed by atoms with van der Waals surface area (Å²) in [6.07, 6.45) is 0.138. The van der Waals surface area contributed by atoms with Crippen LogP contribution < -0.4 is 4.74 Å². The minimum Gasteiger partial charge on any atom is -0.478 e. The zero-order valence-electron chi connectivity index (χ0n) is 7.69. The fraction of sp³-hybridized carbons (Fsp3) is 0.300. The summed E-state index contributed by atoms with van der Waals surface area (Å²) in [5, 5.41) is 8.91. The summed E-state index contributed by atoms with van der Waals surface area (Å²) < 4.78 is 10.4. The predicted molar refractivity (Wildman–Crippen MR) is 48.5 cm³/mol. The van der Waals surface area contributed by atoms with Crippen LogP contribution in [0.1, 0.15) is 15.9 Å². The molecule has 14 heavy (non-hydrogen) atoms. The van der Waals surface area contributed by atoms with Crippen LogP contribution in [0.15, 0.2) is 18.2 Å². The molecule has 0 aromatic heterocycles. The molecule has 0 saturated carbocycles. The smallest absolute Gasteiger partial charge is 0.336 e. The van der Waals surface area contributed by atoms with E-state index in [1.807, 2.05) is 0 Å². The zero-order chi connectivity index (χ0) is 10.1. The number of hydrogen-bond donors (Lipinski definition) is 1. The van der Waals surface area contributed by atoms with Gasteiger partial charge in [0.25, 0.3) is 0 Å². The Bertz CT molecular complexity index is 372. The van der Waals surface area contributed by atoms with E-state index in [1.54, 1.807) is 18.2 Å². The lowest BCUT2D eigenvalue weighted by Gasteiger charge is -2.06. The van der Waals surface area contributed by atoms with Crippen LogP contribution in [0, 0.1) is 0 Å². The summed E-state index contributed by atoms with van der Waals surface area (Å²) in [7, 11) is 1.54. The number of methoxy groups -OCH3 is 1. The topological polar surface area (TPSA) is 55.8 Å². The van der Waals surface area contributed by atoms with E-state index >= 15 is 0 Å². The van der Waals surface area contributed by atoms with Crippen LogP contribution >= 0.6 is 0 Å². The molecule has 4 nitrogen and oxygen atoms in total. The first kappa shape index (κ1) is 9.02. The second-order valence-electron chi connectivity index (χ2n) is 3.07. The van der Waals surface area contributed by atoms with Crippen molar-refractivity contribution in [2.24, 2.45) is 0 Å². The minimum absolute atomic E-state index is 0.294. The van der Waals surface area contributed by atoms with Crippen molar-refractivity contribution in [1.29, 1.82) is 0 Å². The highest BCUT2D eigenvalue weighted by Crippen LogP contribution is 2.31. The highest BCUT2D eigenvalue weighted by molar-refractivity contribution is 5.90. The van der Waals surface area contributed by atoms with Crippen molar-refractivity contribution >= 4 is 5.97 Å². The molecule has 0 fully saturated rings. The first-order chi connectivity index (χ1) is 6.72. The third kappa shape index (κ3) is 1.33. The van der Waals surface area contributed by atoms with E-state index < -0.39 is 5.97 Å². The molecule has 0 saturated heterocycles. The lowest BCUT2D eigenvalue weighted by Crippen LogP contribution is -2.14. The number of carbonyl (C=O) groups is 1.